The lowest BCUT2D eigenvalue weighted by Gasteiger charge is -2.32. The topological polar surface area (TPSA) is 3.24 Å². The number of fused-ring (bicyclic) bond motifs is 13. The van der Waals surface area contributed by atoms with Gasteiger partial charge in [-0.25, -0.2) is 0 Å². The summed E-state index contributed by atoms with van der Waals surface area (Å²) in [7, 11) is 0. The van der Waals surface area contributed by atoms with Gasteiger partial charge in [-0.05, 0) is 148 Å². The van der Waals surface area contributed by atoms with E-state index in [1.165, 1.54) is 111 Å². The second kappa shape index (κ2) is 15.1. The number of nitrogens with zero attached hydrogens (tertiary/aromatic N) is 1. The van der Waals surface area contributed by atoms with Crippen LogP contribution in [0.2, 0.25) is 0 Å². The first kappa shape index (κ1) is 39.9. The summed E-state index contributed by atoms with van der Waals surface area (Å²) < 4.78 is 0. The first-order valence-electron chi connectivity index (χ1n) is 24.6. The molecule has 3 aliphatic rings. The predicted octanol–water partition coefficient (Wildman–Crippen LogP) is 18.0. The van der Waals surface area contributed by atoms with Crippen LogP contribution in [0.1, 0.15) is 53.6 Å². The Hall–Kier alpha value is -8.26. The highest BCUT2D eigenvalue weighted by Gasteiger charge is 2.48. The van der Waals surface area contributed by atoms with Gasteiger partial charge in [-0.15, -0.1) is 0 Å². The molecule has 11 aromatic carbocycles. The molecule has 3 aliphatic carbocycles. The normalized spacial score (nSPS) is 15.7. The molecule has 0 heterocycles. The molecule has 1 heteroatoms. The molecule has 0 aliphatic heterocycles. The molecule has 11 aromatic rings. The lowest BCUT2D eigenvalue weighted by molar-refractivity contribution is 0.626. The Morgan fingerprint density at radius 3 is 1.74 bits per heavy atom. The van der Waals surface area contributed by atoms with Gasteiger partial charge in [-0.3, -0.25) is 0 Å². The smallest absolute Gasteiger partial charge is 0.0540 e. The van der Waals surface area contributed by atoms with Gasteiger partial charge >= 0.3 is 0 Å². The summed E-state index contributed by atoms with van der Waals surface area (Å²) in [6, 6.07) is 89.0. The molecule has 0 fully saturated rings. The van der Waals surface area contributed by atoms with Gasteiger partial charge < -0.3 is 4.90 Å². The Morgan fingerprint density at radius 2 is 0.913 bits per heavy atom. The van der Waals surface area contributed by atoms with Crippen molar-refractivity contribution in [3.8, 4) is 55.6 Å². The second-order valence-corrected chi connectivity index (χ2v) is 19.9. The van der Waals surface area contributed by atoms with Crippen LogP contribution >= 0.6 is 0 Å². The van der Waals surface area contributed by atoms with Crippen LogP contribution in [0.4, 0.5) is 17.1 Å². The Bertz CT molecular complexity index is 3890. The second-order valence-electron chi connectivity index (χ2n) is 19.9. The van der Waals surface area contributed by atoms with Crippen LogP contribution in [0.15, 0.2) is 237 Å². The van der Waals surface area contributed by atoms with E-state index in [9.17, 15) is 0 Å². The van der Waals surface area contributed by atoms with Gasteiger partial charge in [0.2, 0.25) is 0 Å². The molecule has 326 valence electrons. The SMILES string of the molecule is CC1(C)c2ccccc2-c2cccc(-c3ccccc3-c3ccc(N(c4ccc5c(c4)C4(CCc6ccccc64)c4ccccc4-5)c4ccccc4-c4cccc5c4ccc4ccccc45)cc3)c21. The average molecular weight is 880 g/mol. The number of rotatable bonds is 6. The van der Waals surface area contributed by atoms with E-state index in [2.05, 4.69) is 255 Å². The molecule has 0 bridgehead atoms. The number of anilines is 3. The van der Waals surface area contributed by atoms with Crippen LogP contribution in [0, 0.1) is 0 Å². The van der Waals surface area contributed by atoms with Crippen LogP contribution in [0.25, 0.3) is 77.2 Å². The number of para-hydroxylation sites is 1. The largest absolute Gasteiger partial charge is 0.310 e. The van der Waals surface area contributed by atoms with E-state index in [1.54, 1.807) is 0 Å². The van der Waals surface area contributed by atoms with Crippen LogP contribution in [-0.4, -0.2) is 0 Å². The van der Waals surface area contributed by atoms with Gasteiger partial charge in [0.25, 0.3) is 0 Å². The first-order chi connectivity index (χ1) is 34.0. The van der Waals surface area contributed by atoms with Crippen molar-refractivity contribution in [2.24, 2.45) is 0 Å². The highest BCUT2D eigenvalue weighted by molar-refractivity contribution is 6.13. The molecule has 1 nitrogen and oxygen atoms in total. The Balaban J connectivity index is 0.958. The van der Waals surface area contributed by atoms with E-state index in [0.29, 0.717) is 0 Å². The van der Waals surface area contributed by atoms with Gasteiger partial charge in [0, 0.05) is 27.8 Å². The summed E-state index contributed by atoms with van der Waals surface area (Å²) in [6.07, 6.45) is 2.12. The van der Waals surface area contributed by atoms with E-state index >= 15 is 0 Å². The van der Waals surface area contributed by atoms with E-state index in [4.69, 9.17) is 0 Å². The van der Waals surface area contributed by atoms with E-state index in [1.807, 2.05) is 0 Å². The molecular weight excluding hydrogens is 831 g/mol. The van der Waals surface area contributed by atoms with Crippen LogP contribution in [0.3, 0.4) is 0 Å². The summed E-state index contributed by atoms with van der Waals surface area (Å²) in [5.74, 6) is 0. The van der Waals surface area contributed by atoms with Gasteiger partial charge in [0.1, 0.15) is 0 Å². The molecule has 14 rings (SSSR count). The summed E-state index contributed by atoms with van der Waals surface area (Å²) >= 11 is 0. The minimum absolute atomic E-state index is 0.124. The summed E-state index contributed by atoms with van der Waals surface area (Å²) in [4.78, 5) is 2.52. The van der Waals surface area contributed by atoms with Gasteiger partial charge in [0.05, 0.1) is 5.69 Å². The summed E-state index contributed by atoms with van der Waals surface area (Å²) in [6.45, 7) is 4.77. The summed E-state index contributed by atoms with van der Waals surface area (Å²) in [5, 5.41) is 5.05. The third kappa shape index (κ3) is 5.77. The van der Waals surface area contributed by atoms with Crippen molar-refractivity contribution in [2.75, 3.05) is 4.90 Å². The third-order valence-corrected chi connectivity index (χ3v) is 16.1. The fourth-order valence-electron chi connectivity index (χ4n) is 13.1. The molecule has 1 atom stereocenters. The van der Waals surface area contributed by atoms with Crippen molar-refractivity contribution >= 4 is 38.6 Å². The van der Waals surface area contributed by atoms with E-state index in [-0.39, 0.29) is 10.8 Å². The van der Waals surface area contributed by atoms with Crippen molar-refractivity contribution in [3.63, 3.8) is 0 Å². The molecule has 0 radical (unpaired) electrons. The molecule has 69 heavy (non-hydrogen) atoms. The molecular formula is C68H49N. The fourth-order valence-corrected chi connectivity index (χ4v) is 13.1. The predicted molar refractivity (Wildman–Crippen MR) is 290 cm³/mol. The molecule has 0 N–H and O–H groups in total. The maximum absolute atomic E-state index is 2.53. The highest BCUT2D eigenvalue weighted by Crippen LogP contribution is 2.60. The van der Waals surface area contributed by atoms with Crippen molar-refractivity contribution < 1.29 is 0 Å². The number of hydrogen-bond donors (Lipinski definition) is 0. The lowest BCUT2D eigenvalue weighted by Crippen LogP contribution is -2.24. The standard InChI is InChI=1S/C68H49N/c1-67(2)62-30-12-8-23-56(62)60-28-16-27-59(66(60)67)52-21-7-6-20-50(52)45-33-36-47(37-34-45)69(65-32-14-10-24-58(65)53-26-15-25-51-49-19-5-3-17-44(49)35-39-54(51)53)48-38-40-57-55-22-9-13-31-63(55)68(64(57)43-48)42-41-46-18-4-11-29-61(46)68/h3-40,43H,41-42H2,1-2H3. The van der Waals surface area contributed by atoms with Crippen LogP contribution in [-0.2, 0) is 17.3 Å². The van der Waals surface area contributed by atoms with Crippen molar-refractivity contribution in [1.29, 1.82) is 0 Å². The molecule has 1 spiro atoms. The Kier molecular flexibility index (Phi) is 8.74. The minimum Gasteiger partial charge on any atom is -0.310 e. The Labute approximate surface area is 404 Å². The zero-order valence-electron chi connectivity index (χ0n) is 38.9. The van der Waals surface area contributed by atoms with E-state index < -0.39 is 0 Å². The van der Waals surface area contributed by atoms with Gasteiger partial charge in [-0.1, -0.05) is 220 Å². The van der Waals surface area contributed by atoms with Crippen molar-refractivity contribution in [1.82, 2.24) is 0 Å². The van der Waals surface area contributed by atoms with Gasteiger partial charge in [0.15, 0.2) is 0 Å². The monoisotopic (exact) mass is 879 g/mol. The number of hydrogen-bond acceptors (Lipinski definition) is 1. The average Bonchev–Trinajstić information content (AvgIpc) is 4.02. The lowest BCUT2D eigenvalue weighted by atomic mass is 9.73. The molecule has 0 saturated carbocycles. The molecule has 0 amide bonds. The Morgan fingerprint density at radius 1 is 0.348 bits per heavy atom. The molecule has 0 aromatic heterocycles. The highest BCUT2D eigenvalue weighted by atomic mass is 15.1. The maximum Gasteiger partial charge on any atom is 0.0540 e. The van der Waals surface area contributed by atoms with Gasteiger partial charge in [-0.2, -0.15) is 0 Å². The third-order valence-electron chi connectivity index (χ3n) is 16.1. The van der Waals surface area contributed by atoms with Crippen molar-refractivity contribution in [2.45, 2.75) is 37.5 Å². The maximum atomic E-state index is 2.53. The van der Waals surface area contributed by atoms with Crippen LogP contribution < -0.4 is 4.90 Å². The quantitative estimate of drug-likeness (QED) is 0.150. The first-order valence-corrected chi connectivity index (χ1v) is 24.6. The minimum atomic E-state index is -0.207. The number of benzene rings is 11. The van der Waals surface area contributed by atoms with Crippen LogP contribution in [0.5, 0.6) is 0 Å². The number of aryl methyl sites for hydroxylation is 1. The molecule has 1 unspecified atom stereocenters. The van der Waals surface area contributed by atoms with E-state index in [0.717, 1.165) is 29.9 Å². The molecule has 0 saturated heterocycles. The fraction of sp³-hybridized carbons (Fsp3) is 0.0882. The summed E-state index contributed by atoms with van der Waals surface area (Å²) in [5.41, 5.74) is 24.4. The zero-order chi connectivity index (χ0) is 45.8. The van der Waals surface area contributed by atoms with Crippen molar-refractivity contribution in [3.05, 3.63) is 270 Å². The zero-order valence-corrected chi connectivity index (χ0v) is 38.9.